The molecule has 1 aliphatic rings. The molecule has 8 nitrogen and oxygen atoms in total. The van der Waals surface area contributed by atoms with Gasteiger partial charge in [-0.1, -0.05) is 0 Å². The van der Waals surface area contributed by atoms with Crippen molar-refractivity contribution >= 4 is 18.0 Å². The number of amides is 2. The van der Waals surface area contributed by atoms with Crippen molar-refractivity contribution in [3.8, 4) is 0 Å². The molecule has 1 rings (SSSR count). The second kappa shape index (κ2) is 6.93. The van der Waals surface area contributed by atoms with E-state index in [0.717, 1.165) is 20.0 Å². The summed E-state index contributed by atoms with van der Waals surface area (Å²) in [6.45, 7) is -0.0558. The SMILES string of the molecule is COC(=O)C[C@H](NC(=O)N(CCO)C1CC1)C(=O)O. The quantitative estimate of drug-likeness (QED) is 0.522. The summed E-state index contributed by atoms with van der Waals surface area (Å²) >= 11 is 0. The normalized spacial score (nSPS) is 15.5. The number of ether oxygens (including phenoxy) is 1. The number of methoxy groups -OCH3 is 1. The first-order chi connectivity index (χ1) is 8.99. The number of carboxylic acid groups (broad SMARTS) is 1. The van der Waals surface area contributed by atoms with Gasteiger partial charge in [0, 0.05) is 12.6 Å². The average molecular weight is 274 g/mol. The highest BCUT2D eigenvalue weighted by Crippen LogP contribution is 2.26. The fourth-order valence-corrected chi connectivity index (χ4v) is 1.63. The van der Waals surface area contributed by atoms with Gasteiger partial charge in [-0.05, 0) is 12.8 Å². The summed E-state index contributed by atoms with van der Waals surface area (Å²) < 4.78 is 4.37. The lowest BCUT2D eigenvalue weighted by atomic mass is 10.2. The first kappa shape index (κ1) is 15.2. The van der Waals surface area contributed by atoms with E-state index in [0.29, 0.717) is 0 Å². The summed E-state index contributed by atoms with van der Waals surface area (Å²) in [7, 11) is 1.14. The van der Waals surface area contributed by atoms with Crippen molar-refractivity contribution in [1.29, 1.82) is 0 Å². The van der Waals surface area contributed by atoms with Crippen LogP contribution in [0, 0.1) is 0 Å². The molecule has 1 aliphatic carbocycles. The predicted molar refractivity (Wildman–Crippen MR) is 63.4 cm³/mol. The minimum atomic E-state index is -1.33. The lowest BCUT2D eigenvalue weighted by molar-refractivity contribution is -0.147. The van der Waals surface area contributed by atoms with Crippen LogP contribution in [-0.4, -0.2) is 65.4 Å². The second-order valence-corrected chi connectivity index (χ2v) is 4.27. The van der Waals surface area contributed by atoms with Crippen molar-refractivity contribution < 1.29 is 29.3 Å². The van der Waals surface area contributed by atoms with Crippen molar-refractivity contribution in [3.05, 3.63) is 0 Å². The number of carboxylic acids is 1. The fourth-order valence-electron chi connectivity index (χ4n) is 1.63. The average Bonchev–Trinajstić information content (AvgIpc) is 3.18. The van der Waals surface area contributed by atoms with Crippen LogP contribution in [0.5, 0.6) is 0 Å². The molecule has 1 atom stereocenters. The summed E-state index contributed by atoms with van der Waals surface area (Å²) in [5.41, 5.74) is 0. The van der Waals surface area contributed by atoms with E-state index in [1.807, 2.05) is 0 Å². The van der Waals surface area contributed by atoms with E-state index in [-0.39, 0.29) is 19.2 Å². The Balaban J connectivity index is 2.58. The van der Waals surface area contributed by atoms with E-state index in [2.05, 4.69) is 10.1 Å². The Labute approximate surface area is 110 Å². The first-order valence-corrected chi connectivity index (χ1v) is 5.97. The number of aliphatic hydroxyl groups is 1. The first-order valence-electron chi connectivity index (χ1n) is 5.97. The highest BCUT2D eigenvalue weighted by atomic mass is 16.5. The molecule has 2 amide bonds. The van der Waals surface area contributed by atoms with Crippen LogP contribution in [0.2, 0.25) is 0 Å². The van der Waals surface area contributed by atoms with Gasteiger partial charge in [0.05, 0.1) is 20.1 Å². The van der Waals surface area contributed by atoms with Crippen molar-refractivity contribution in [3.63, 3.8) is 0 Å². The van der Waals surface area contributed by atoms with Gasteiger partial charge in [-0.2, -0.15) is 0 Å². The van der Waals surface area contributed by atoms with Gasteiger partial charge in [-0.15, -0.1) is 0 Å². The number of nitrogens with one attached hydrogen (secondary N) is 1. The summed E-state index contributed by atoms with van der Waals surface area (Å²) in [6.07, 6.45) is 1.24. The van der Waals surface area contributed by atoms with Crippen LogP contribution in [0.1, 0.15) is 19.3 Å². The highest BCUT2D eigenvalue weighted by Gasteiger charge is 2.34. The zero-order valence-corrected chi connectivity index (χ0v) is 10.7. The van der Waals surface area contributed by atoms with Crippen LogP contribution in [0.3, 0.4) is 0 Å². The Morgan fingerprint density at radius 2 is 2.05 bits per heavy atom. The third-order valence-corrected chi connectivity index (χ3v) is 2.78. The van der Waals surface area contributed by atoms with Gasteiger partial charge >= 0.3 is 18.0 Å². The largest absolute Gasteiger partial charge is 0.480 e. The number of esters is 1. The number of urea groups is 1. The standard InChI is InChI=1S/C11H18N2O6/c1-19-9(15)6-8(10(16)17)12-11(18)13(4-5-14)7-2-3-7/h7-8,14H,2-6H2,1H3,(H,12,18)(H,16,17)/t8-/m0/s1. The Morgan fingerprint density at radius 1 is 1.42 bits per heavy atom. The number of hydrogen-bond acceptors (Lipinski definition) is 5. The molecular formula is C11H18N2O6. The Kier molecular flexibility index (Phi) is 5.56. The summed E-state index contributed by atoms with van der Waals surface area (Å²) in [5.74, 6) is -2.02. The molecule has 0 heterocycles. The van der Waals surface area contributed by atoms with E-state index in [1.165, 1.54) is 4.90 Å². The maximum atomic E-state index is 11.9. The van der Waals surface area contributed by atoms with Gasteiger partial charge < -0.3 is 25.2 Å². The summed E-state index contributed by atoms with van der Waals surface area (Å²) in [6, 6.07) is -1.88. The zero-order chi connectivity index (χ0) is 14.4. The molecule has 108 valence electrons. The summed E-state index contributed by atoms with van der Waals surface area (Å²) in [4.78, 5) is 35.3. The number of aliphatic carboxylic acids is 1. The number of carbonyl (C=O) groups excluding carboxylic acids is 2. The Hall–Kier alpha value is -1.83. The minimum Gasteiger partial charge on any atom is -0.480 e. The van der Waals surface area contributed by atoms with Gasteiger partial charge in [0.15, 0.2) is 0 Å². The molecule has 0 aromatic heterocycles. The second-order valence-electron chi connectivity index (χ2n) is 4.27. The molecule has 0 radical (unpaired) electrons. The van der Waals surface area contributed by atoms with Gasteiger partial charge in [-0.3, -0.25) is 4.79 Å². The van der Waals surface area contributed by atoms with Gasteiger partial charge in [0.1, 0.15) is 6.04 Å². The molecule has 0 spiro atoms. The molecule has 3 N–H and O–H groups in total. The van der Waals surface area contributed by atoms with Crippen molar-refractivity contribution in [2.75, 3.05) is 20.3 Å². The van der Waals surface area contributed by atoms with Gasteiger partial charge in [0.2, 0.25) is 0 Å². The van der Waals surface area contributed by atoms with Crippen molar-refractivity contribution in [1.82, 2.24) is 10.2 Å². The highest BCUT2D eigenvalue weighted by molar-refractivity contribution is 5.86. The van der Waals surface area contributed by atoms with Gasteiger partial charge in [0.25, 0.3) is 0 Å². The lowest BCUT2D eigenvalue weighted by Gasteiger charge is -2.24. The van der Waals surface area contributed by atoms with Crippen LogP contribution in [0.15, 0.2) is 0 Å². The zero-order valence-electron chi connectivity index (χ0n) is 10.7. The minimum absolute atomic E-state index is 0.0414. The predicted octanol–water partition coefficient (Wildman–Crippen LogP) is -0.831. The molecule has 0 aromatic rings. The van der Waals surface area contributed by atoms with E-state index >= 15 is 0 Å². The summed E-state index contributed by atoms with van der Waals surface area (Å²) in [5, 5.41) is 20.1. The maximum Gasteiger partial charge on any atom is 0.326 e. The number of carbonyl (C=O) groups is 3. The van der Waals surface area contributed by atoms with Crippen LogP contribution in [-0.2, 0) is 14.3 Å². The molecule has 19 heavy (non-hydrogen) atoms. The molecule has 1 fully saturated rings. The third kappa shape index (κ3) is 4.74. The number of aliphatic hydroxyl groups excluding tert-OH is 1. The lowest BCUT2D eigenvalue weighted by Crippen LogP contribution is -2.50. The van der Waals surface area contributed by atoms with E-state index in [9.17, 15) is 14.4 Å². The van der Waals surface area contributed by atoms with Crippen LogP contribution in [0.25, 0.3) is 0 Å². The maximum absolute atomic E-state index is 11.9. The third-order valence-electron chi connectivity index (χ3n) is 2.78. The molecule has 8 heteroatoms. The van der Waals surface area contributed by atoms with E-state index in [4.69, 9.17) is 10.2 Å². The molecule has 1 saturated carbocycles. The van der Waals surface area contributed by atoms with Gasteiger partial charge in [-0.25, -0.2) is 9.59 Å². The molecular weight excluding hydrogens is 256 g/mol. The molecule has 0 unspecified atom stereocenters. The number of hydrogen-bond donors (Lipinski definition) is 3. The van der Waals surface area contributed by atoms with Crippen molar-refractivity contribution in [2.24, 2.45) is 0 Å². The number of rotatable bonds is 7. The fraction of sp³-hybridized carbons (Fsp3) is 0.727. The van der Waals surface area contributed by atoms with Crippen LogP contribution >= 0.6 is 0 Å². The van der Waals surface area contributed by atoms with Crippen molar-refractivity contribution in [2.45, 2.75) is 31.3 Å². The van der Waals surface area contributed by atoms with Crippen LogP contribution in [0.4, 0.5) is 4.79 Å². The molecule has 0 aromatic carbocycles. The molecule has 0 aliphatic heterocycles. The molecule has 0 bridgehead atoms. The monoisotopic (exact) mass is 274 g/mol. The van der Waals surface area contributed by atoms with Crippen LogP contribution < -0.4 is 5.32 Å². The Bertz CT molecular complexity index is 355. The van der Waals surface area contributed by atoms with E-state index < -0.39 is 30.4 Å². The topological polar surface area (TPSA) is 116 Å². The Morgan fingerprint density at radius 3 is 2.47 bits per heavy atom. The number of nitrogens with zero attached hydrogens (tertiary/aromatic N) is 1. The molecule has 0 saturated heterocycles. The smallest absolute Gasteiger partial charge is 0.326 e. The van der Waals surface area contributed by atoms with E-state index in [1.54, 1.807) is 0 Å².